The number of hydrogen-bond acceptors (Lipinski definition) is 3. The van der Waals surface area contributed by atoms with Gasteiger partial charge in [0.25, 0.3) is 0 Å². The predicted octanol–water partition coefficient (Wildman–Crippen LogP) is 1.97. The van der Waals surface area contributed by atoms with Crippen molar-refractivity contribution in [2.75, 3.05) is 25.0 Å². The number of halogens is 1. The number of carbonyl (C=O) groups is 1. The van der Waals surface area contributed by atoms with Gasteiger partial charge in [0.2, 0.25) is 0 Å². The van der Waals surface area contributed by atoms with Crippen molar-refractivity contribution >= 4 is 11.5 Å². The lowest BCUT2D eigenvalue weighted by atomic mass is 9.77. The third-order valence-electron chi connectivity index (χ3n) is 4.36. The molecule has 0 aliphatic carbocycles. The number of anilines is 1. The van der Waals surface area contributed by atoms with Crippen LogP contribution in [0.3, 0.4) is 0 Å². The van der Waals surface area contributed by atoms with E-state index in [2.05, 4.69) is 10.2 Å². The molecule has 0 radical (unpaired) electrons. The lowest BCUT2D eigenvalue weighted by Crippen LogP contribution is -2.56. The van der Waals surface area contributed by atoms with E-state index >= 15 is 0 Å². The maximum atomic E-state index is 13.2. The van der Waals surface area contributed by atoms with Gasteiger partial charge in [-0.05, 0) is 44.1 Å². The molecule has 0 saturated carbocycles. The van der Waals surface area contributed by atoms with Crippen LogP contribution in [-0.4, -0.2) is 31.5 Å². The molecule has 0 aromatic heterocycles. The molecule has 1 spiro atoms. The van der Waals surface area contributed by atoms with Crippen LogP contribution in [0.25, 0.3) is 0 Å². The molecule has 18 heavy (non-hydrogen) atoms. The van der Waals surface area contributed by atoms with Crippen molar-refractivity contribution in [3.63, 3.8) is 0 Å². The van der Waals surface area contributed by atoms with Crippen molar-refractivity contribution in [1.29, 1.82) is 0 Å². The van der Waals surface area contributed by atoms with Crippen molar-refractivity contribution in [1.82, 2.24) is 5.32 Å². The fourth-order valence-corrected chi connectivity index (χ4v) is 3.20. The molecule has 1 N–H and O–H groups in total. The monoisotopic (exact) mass is 248 g/mol. The summed E-state index contributed by atoms with van der Waals surface area (Å²) in [6.45, 7) is 1.88. The molecule has 1 aromatic carbocycles. The van der Waals surface area contributed by atoms with E-state index in [9.17, 15) is 9.18 Å². The van der Waals surface area contributed by atoms with Crippen molar-refractivity contribution < 1.29 is 9.18 Å². The van der Waals surface area contributed by atoms with Gasteiger partial charge in [0, 0.05) is 30.3 Å². The van der Waals surface area contributed by atoms with Gasteiger partial charge in [0.05, 0.1) is 0 Å². The number of piperidine rings is 1. The molecule has 1 fully saturated rings. The van der Waals surface area contributed by atoms with E-state index < -0.39 is 0 Å². The number of fused-ring (bicyclic) bond motifs is 1. The number of ketones is 1. The zero-order valence-electron chi connectivity index (χ0n) is 10.5. The number of nitrogens with zero attached hydrogens (tertiary/aromatic N) is 1. The number of benzene rings is 1. The fraction of sp³-hybridized carbons (Fsp3) is 0.500. The average molecular weight is 248 g/mol. The van der Waals surface area contributed by atoms with E-state index in [1.165, 1.54) is 12.1 Å². The summed E-state index contributed by atoms with van der Waals surface area (Å²) >= 11 is 0. The molecule has 3 nitrogen and oxygen atoms in total. The second-order valence-corrected chi connectivity index (χ2v) is 5.29. The van der Waals surface area contributed by atoms with Gasteiger partial charge in [0.1, 0.15) is 5.82 Å². The minimum Gasteiger partial charge on any atom is -0.368 e. The normalized spacial score (nSPS) is 22.1. The Morgan fingerprint density at radius 3 is 2.78 bits per heavy atom. The largest absolute Gasteiger partial charge is 0.368 e. The number of nitrogens with one attached hydrogen (secondary N) is 1. The first-order chi connectivity index (χ1) is 8.62. The maximum absolute atomic E-state index is 13.2. The van der Waals surface area contributed by atoms with Crippen molar-refractivity contribution in [3.05, 3.63) is 29.6 Å². The summed E-state index contributed by atoms with van der Waals surface area (Å²) in [6.07, 6.45) is 2.43. The Labute approximate surface area is 106 Å². The van der Waals surface area contributed by atoms with Crippen molar-refractivity contribution in [3.8, 4) is 0 Å². The highest BCUT2D eigenvalue weighted by atomic mass is 19.1. The number of Topliss-reactive ketones (excluding diaryl/α,β-unsaturated/α-hetero) is 1. The lowest BCUT2D eigenvalue weighted by Gasteiger charge is -2.49. The molecule has 2 aliphatic rings. The van der Waals surface area contributed by atoms with Crippen LogP contribution in [0.4, 0.5) is 10.1 Å². The fourth-order valence-electron chi connectivity index (χ4n) is 3.20. The van der Waals surface area contributed by atoms with E-state index in [0.29, 0.717) is 12.0 Å². The average Bonchev–Trinajstić information content (AvgIpc) is 2.37. The van der Waals surface area contributed by atoms with Gasteiger partial charge in [0.15, 0.2) is 5.78 Å². The SMILES string of the molecule is CN1c2ccc(F)cc2C(=O)CC12CCNCC2. The standard InChI is InChI=1S/C14H17FN2O/c1-17-12-3-2-10(15)8-11(12)13(18)9-14(17)4-6-16-7-5-14/h2-3,8,16H,4-7,9H2,1H3. The van der Waals surface area contributed by atoms with Crippen LogP contribution in [0.1, 0.15) is 29.6 Å². The van der Waals surface area contributed by atoms with Gasteiger partial charge >= 0.3 is 0 Å². The molecule has 0 bridgehead atoms. The zero-order valence-corrected chi connectivity index (χ0v) is 10.5. The third-order valence-corrected chi connectivity index (χ3v) is 4.36. The van der Waals surface area contributed by atoms with Crippen molar-refractivity contribution in [2.24, 2.45) is 0 Å². The smallest absolute Gasteiger partial charge is 0.167 e. The van der Waals surface area contributed by atoms with Gasteiger partial charge in [-0.15, -0.1) is 0 Å². The first-order valence-electron chi connectivity index (χ1n) is 6.40. The number of hydrogen-bond donors (Lipinski definition) is 1. The van der Waals surface area contributed by atoms with Crippen LogP contribution in [0.2, 0.25) is 0 Å². The van der Waals surface area contributed by atoms with Crippen LogP contribution in [0.15, 0.2) is 18.2 Å². The predicted molar refractivity (Wildman–Crippen MR) is 68.6 cm³/mol. The Balaban J connectivity index is 2.06. The molecule has 0 unspecified atom stereocenters. The summed E-state index contributed by atoms with van der Waals surface area (Å²) < 4.78 is 13.2. The van der Waals surface area contributed by atoms with E-state index in [4.69, 9.17) is 0 Å². The second-order valence-electron chi connectivity index (χ2n) is 5.29. The molecule has 2 heterocycles. The van der Waals surface area contributed by atoms with Crippen LogP contribution in [0, 0.1) is 5.82 Å². The van der Waals surface area contributed by atoms with E-state index in [0.717, 1.165) is 31.6 Å². The van der Waals surface area contributed by atoms with Gasteiger partial charge in [-0.3, -0.25) is 4.79 Å². The molecule has 96 valence electrons. The zero-order chi connectivity index (χ0) is 12.8. The summed E-state index contributed by atoms with van der Waals surface area (Å²) in [4.78, 5) is 14.4. The number of rotatable bonds is 0. The highest BCUT2D eigenvalue weighted by Crippen LogP contribution is 2.40. The molecule has 3 rings (SSSR count). The van der Waals surface area contributed by atoms with E-state index in [1.807, 2.05) is 7.05 Å². The minimum absolute atomic E-state index is 0.0736. The van der Waals surface area contributed by atoms with Crippen LogP contribution in [0.5, 0.6) is 0 Å². The molecule has 1 aromatic rings. The van der Waals surface area contributed by atoms with Crippen LogP contribution < -0.4 is 10.2 Å². The highest BCUT2D eigenvalue weighted by Gasteiger charge is 2.43. The van der Waals surface area contributed by atoms with Gasteiger partial charge < -0.3 is 10.2 Å². The molecule has 2 aliphatic heterocycles. The van der Waals surface area contributed by atoms with Gasteiger partial charge in [-0.25, -0.2) is 4.39 Å². The first-order valence-corrected chi connectivity index (χ1v) is 6.40. The minimum atomic E-state index is -0.336. The Morgan fingerprint density at radius 2 is 2.06 bits per heavy atom. The molecule has 0 atom stereocenters. The Kier molecular flexibility index (Phi) is 2.63. The van der Waals surface area contributed by atoms with Gasteiger partial charge in [-0.1, -0.05) is 0 Å². The molecule has 0 amide bonds. The summed E-state index contributed by atoms with van der Waals surface area (Å²) in [7, 11) is 2.02. The summed E-state index contributed by atoms with van der Waals surface area (Å²) in [5.74, 6) is -0.263. The highest BCUT2D eigenvalue weighted by molar-refractivity contribution is 6.04. The molecule has 4 heteroatoms. The maximum Gasteiger partial charge on any atom is 0.167 e. The van der Waals surface area contributed by atoms with E-state index in [1.54, 1.807) is 6.07 Å². The summed E-state index contributed by atoms with van der Waals surface area (Å²) in [5, 5.41) is 3.33. The first kappa shape index (κ1) is 11.7. The summed E-state index contributed by atoms with van der Waals surface area (Å²) in [6, 6.07) is 4.52. The summed E-state index contributed by atoms with van der Waals surface area (Å²) in [5.41, 5.74) is 1.32. The van der Waals surface area contributed by atoms with Crippen molar-refractivity contribution in [2.45, 2.75) is 24.8 Å². The lowest BCUT2D eigenvalue weighted by molar-refractivity contribution is 0.0921. The van der Waals surface area contributed by atoms with Crippen LogP contribution in [-0.2, 0) is 0 Å². The molecule has 1 saturated heterocycles. The Hall–Kier alpha value is -1.42. The Bertz CT molecular complexity index is 495. The second kappa shape index (κ2) is 4.05. The van der Waals surface area contributed by atoms with E-state index in [-0.39, 0.29) is 17.1 Å². The topological polar surface area (TPSA) is 32.3 Å². The molecular formula is C14H17FN2O. The quantitative estimate of drug-likeness (QED) is 0.762. The Morgan fingerprint density at radius 1 is 1.33 bits per heavy atom. The third kappa shape index (κ3) is 1.63. The number of carbonyl (C=O) groups excluding carboxylic acids is 1. The van der Waals surface area contributed by atoms with Crippen LogP contribution >= 0.6 is 0 Å². The molecular weight excluding hydrogens is 231 g/mol. The van der Waals surface area contributed by atoms with Gasteiger partial charge in [-0.2, -0.15) is 0 Å².